The minimum absolute atomic E-state index is 0.00458. The van der Waals surface area contributed by atoms with Gasteiger partial charge < -0.3 is 9.47 Å². The predicted octanol–water partition coefficient (Wildman–Crippen LogP) is 3.99. The van der Waals surface area contributed by atoms with Crippen molar-refractivity contribution in [3.8, 4) is 5.75 Å². The van der Waals surface area contributed by atoms with Gasteiger partial charge in [-0.2, -0.15) is 0 Å². The number of rotatable bonds is 7. The Balaban J connectivity index is 1.52. The summed E-state index contributed by atoms with van der Waals surface area (Å²) in [5.74, 6) is -0.580. The van der Waals surface area contributed by atoms with Crippen molar-refractivity contribution in [3.05, 3.63) is 63.7 Å². The molecule has 0 bridgehead atoms. The molecular weight excluding hydrogens is 394 g/mol. The number of hydrogen-bond acceptors (Lipinski definition) is 5. The topological polar surface area (TPSA) is 72.9 Å². The second-order valence-electron chi connectivity index (χ2n) is 7.11. The summed E-state index contributed by atoms with van der Waals surface area (Å²) in [5, 5.41) is 0.643. The van der Waals surface area contributed by atoms with Crippen molar-refractivity contribution in [2.45, 2.75) is 26.7 Å². The first kappa shape index (κ1) is 20.9. The summed E-state index contributed by atoms with van der Waals surface area (Å²) in [7, 11) is 0. The van der Waals surface area contributed by atoms with E-state index in [1.807, 2.05) is 26.8 Å². The summed E-state index contributed by atoms with van der Waals surface area (Å²) in [5.41, 5.74) is 2.49. The number of halogens is 1. The number of aryl methyl sites for hydroxylation is 1. The lowest BCUT2D eigenvalue weighted by molar-refractivity contribution is -0.146. The number of carbonyl (C=O) groups is 3. The highest BCUT2D eigenvalue weighted by Gasteiger charge is 2.34. The molecule has 1 aliphatic heterocycles. The fourth-order valence-electron chi connectivity index (χ4n) is 3.12. The predicted molar refractivity (Wildman–Crippen MR) is 109 cm³/mol. The Morgan fingerprint density at radius 3 is 2.31 bits per heavy atom. The van der Waals surface area contributed by atoms with E-state index in [-0.39, 0.29) is 37.5 Å². The number of esters is 1. The third-order valence-electron chi connectivity index (χ3n) is 4.71. The van der Waals surface area contributed by atoms with Crippen LogP contribution in [0.3, 0.4) is 0 Å². The molecule has 29 heavy (non-hydrogen) atoms. The van der Waals surface area contributed by atoms with E-state index in [0.717, 1.165) is 16.0 Å². The maximum atomic E-state index is 12.3. The highest BCUT2D eigenvalue weighted by molar-refractivity contribution is 6.31. The van der Waals surface area contributed by atoms with E-state index in [1.165, 1.54) is 0 Å². The summed E-state index contributed by atoms with van der Waals surface area (Å²) in [6.45, 7) is 5.50. The van der Waals surface area contributed by atoms with Crippen LogP contribution in [0.1, 0.15) is 51.6 Å². The molecule has 0 saturated heterocycles. The van der Waals surface area contributed by atoms with Crippen LogP contribution in [-0.4, -0.2) is 42.4 Å². The van der Waals surface area contributed by atoms with Gasteiger partial charge in [0.2, 0.25) is 0 Å². The van der Waals surface area contributed by atoms with Crippen LogP contribution in [0, 0.1) is 6.92 Å². The molecule has 3 rings (SSSR count). The van der Waals surface area contributed by atoms with Crippen LogP contribution in [-0.2, 0) is 9.53 Å². The van der Waals surface area contributed by atoms with Gasteiger partial charge in [-0.15, -0.1) is 0 Å². The Bertz CT molecular complexity index is 935. The van der Waals surface area contributed by atoms with Gasteiger partial charge in [0.1, 0.15) is 12.4 Å². The monoisotopic (exact) mass is 415 g/mol. The zero-order chi connectivity index (χ0) is 21.1. The van der Waals surface area contributed by atoms with Crippen molar-refractivity contribution in [1.29, 1.82) is 0 Å². The van der Waals surface area contributed by atoms with Crippen molar-refractivity contribution in [1.82, 2.24) is 4.90 Å². The van der Waals surface area contributed by atoms with Crippen LogP contribution in [0.25, 0.3) is 0 Å². The average Bonchev–Trinajstić information content (AvgIpc) is 2.93. The van der Waals surface area contributed by atoms with Crippen molar-refractivity contribution in [2.75, 3.05) is 19.8 Å². The highest BCUT2D eigenvalue weighted by Crippen LogP contribution is 2.32. The van der Waals surface area contributed by atoms with Crippen LogP contribution < -0.4 is 4.74 Å². The Morgan fingerprint density at radius 1 is 1.10 bits per heavy atom. The molecule has 0 N–H and O–H groups in total. The molecule has 2 aromatic rings. The number of imide groups is 1. The molecule has 0 aliphatic carbocycles. The molecule has 152 valence electrons. The Labute approximate surface area is 174 Å². The van der Waals surface area contributed by atoms with Crippen LogP contribution in [0.5, 0.6) is 5.75 Å². The van der Waals surface area contributed by atoms with E-state index < -0.39 is 5.97 Å². The number of benzene rings is 2. The highest BCUT2D eigenvalue weighted by atomic mass is 35.5. The van der Waals surface area contributed by atoms with E-state index in [9.17, 15) is 14.4 Å². The summed E-state index contributed by atoms with van der Waals surface area (Å²) < 4.78 is 10.8. The molecular formula is C22H22ClNO5. The Kier molecular flexibility index (Phi) is 6.23. The summed E-state index contributed by atoms with van der Waals surface area (Å²) in [6.07, 6.45) is 0. The number of ether oxygens (including phenoxy) is 2. The SMILES string of the molecule is Cc1cc(OCC(=O)OCCN2C(=O)c3ccccc3C2=O)c(C(C)C)cc1Cl. The number of carbonyl (C=O) groups excluding carboxylic acids is 3. The summed E-state index contributed by atoms with van der Waals surface area (Å²) in [6, 6.07) is 10.3. The van der Waals surface area contributed by atoms with E-state index >= 15 is 0 Å². The largest absolute Gasteiger partial charge is 0.482 e. The molecule has 1 aliphatic rings. The molecule has 0 fully saturated rings. The number of hydrogen-bond donors (Lipinski definition) is 0. The van der Waals surface area contributed by atoms with Crippen molar-refractivity contribution >= 4 is 29.4 Å². The van der Waals surface area contributed by atoms with Gasteiger partial charge in [0.05, 0.1) is 17.7 Å². The molecule has 0 atom stereocenters. The molecule has 0 spiro atoms. The zero-order valence-corrected chi connectivity index (χ0v) is 17.3. The maximum Gasteiger partial charge on any atom is 0.344 e. The quantitative estimate of drug-likeness (QED) is 0.505. The molecule has 1 heterocycles. The zero-order valence-electron chi connectivity index (χ0n) is 16.5. The van der Waals surface area contributed by atoms with Gasteiger partial charge in [0, 0.05) is 5.02 Å². The molecule has 7 heteroatoms. The molecule has 2 aromatic carbocycles. The van der Waals surface area contributed by atoms with Gasteiger partial charge in [-0.25, -0.2) is 4.79 Å². The van der Waals surface area contributed by atoms with Gasteiger partial charge >= 0.3 is 5.97 Å². The summed E-state index contributed by atoms with van der Waals surface area (Å²) >= 11 is 6.17. The van der Waals surface area contributed by atoms with Crippen molar-refractivity contribution in [3.63, 3.8) is 0 Å². The Hall–Kier alpha value is -2.86. The first-order valence-corrected chi connectivity index (χ1v) is 9.71. The van der Waals surface area contributed by atoms with E-state index in [4.69, 9.17) is 21.1 Å². The molecule has 0 radical (unpaired) electrons. The van der Waals surface area contributed by atoms with Crippen LogP contribution in [0.2, 0.25) is 5.02 Å². The lowest BCUT2D eigenvalue weighted by Gasteiger charge is -2.16. The fraction of sp³-hybridized carbons (Fsp3) is 0.318. The molecule has 2 amide bonds. The van der Waals surface area contributed by atoms with Gasteiger partial charge in [0.15, 0.2) is 6.61 Å². The van der Waals surface area contributed by atoms with E-state index in [0.29, 0.717) is 21.9 Å². The third-order valence-corrected chi connectivity index (χ3v) is 5.12. The number of amides is 2. The van der Waals surface area contributed by atoms with Crippen molar-refractivity contribution < 1.29 is 23.9 Å². The third kappa shape index (κ3) is 4.43. The minimum atomic E-state index is -0.580. The number of nitrogens with zero attached hydrogens (tertiary/aromatic N) is 1. The molecule has 0 saturated carbocycles. The van der Waals surface area contributed by atoms with Crippen LogP contribution in [0.4, 0.5) is 0 Å². The molecule has 0 aromatic heterocycles. The van der Waals surface area contributed by atoms with E-state index in [1.54, 1.807) is 30.3 Å². The minimum Gasteiger partial charge on any atom is -0.482 e. The second-order valence-corrected chi connectivity index (χ2v) is 7.52. The standard InChI is InChI=1S/C22H22ClNO5/c1-13(2)17-11-18(23)14(3)10-19(17)29-12-20(25)28-9-8-24-21(26)15-6-4-5-7-16(15)22(24)27/h4-7,10-11,13H,8-9,12H2,1-3H3. The fourth-order valence-corrected chi connectivity index (χ4v) is 3.29. The maximum absolute atomic E-state index is 12.3. The lowest BCUT2D eigenvalue weighted by Crippen LogP contribution is -2.34. The van der Waals surface area contributed by atoms with Gasteiger partial charge in [0.25, 0.3) is 11.8 Å². The number of fused-ring (bicyclic) bond motifs is 1. The Morgan fingerprint density at radius 2 is 1.72 bits per heavy atom. The first-order valence-electron chi connectivity index (χ1n) is 9.33. The van der Waals surface area contributed by atoms with E-state index in [2.05, 4.69) is 0 Å². The average molecular weight is 416 g/mol. The second kappa shape index (κ2) is 8.66. The first-order chi connectivity index (χ1) is 13.8. The van der Waals surface area contributed by atoms with Crippen LogP contribution >= 0.6 is 11.6 Å². The smallest absolute Gasteiger partial charge is 0.344 e. The lowest BCUT2D eigenvalue weighted by atomic mass is 10.0. The van der Waals surface area contributed by atoms with Gasteiger partial charge in [-0.1, -0.05) is 37.6 Å². The molecule has 6 nitrogen and oxygen atoms in total. The van der Waals surface area contributed by atoms with Crippen molar-refractivity contribution in [2.24, 2.45) is 0 Å². The normalized spacial score (nSPS) is 13.1. The van der Waals surface area contributed by atoms with Gasteiger partial charge in [-0.3, -0.25) is 14.5 Å². The van der Waals surface area contributed by atoms with Gasteiger partial charge in [-0.05, 0) is 48.2 Å². The van der Waals surface area contributed by atoms with Crippen LogP contribution in [0.15, 0.2) is 36.4 Å². The summed E-state index contributed by atoms with van der Waals surface area (Å²) in [4.78, 5) is 37.7. The molecule has 0 unspecified atom stereocenters.